The Kier molecular flexibility index (Phi) is 5.90. The van der Waals surface area contributed by atoms with Crippen molar-refractivity contribution in [2.24, 2.45) is 5.16 Å². The fraction of sp³-hybridized carbons (Fsp3) is 0.409. The smallest absolute Gasteiger partial charge is 0.125 e. The van der Waals surface area contributed by atoms with Crippen LogP contribution in [0.25, 0.3) is 0 Å². The van der Waals surface area contributed by atoms with Crippen LogP contribution in [0.4, 0.5) is 0 Å². The maximum atomic E-state index is 10.4. The summed E-state index contributed by atoms with van der Waals surface area (Å²) in [6, 6.07) is 13.8. The quantitative estimate of drug-likeness (QED) is 0.340. The van der Waals surface area contributed by atoms with Gasteiger partial charge in [-0.2, -0.15) is 0 Å². The van der Waals surface area contributed by atoms with E-state index >= 15 is 0 Å². The van der Waals surface area contributed by atoms with Crippen LogP contribution in [0.5, 0.6) is 0 Å². The highest BCUT2D eigenvalue weighted by molar-refractivity contribution is 6.31. The monoisotopic (exact) mass is 417 g/mol. The van der Waals surface area contributed by atoms with Crippen LogP contribution >= 0.6 is 11.6 Å². The number of ether oxygens (including phenoxy) is 1. The Morgan fingerprint density at radius 2 is 1.66 bits per heavy atom. The summed E-state index contributed by atoms with van der Waals surface area (Å²) >= 11 is 6.40. The van der Waals surface area contributed by atoms with Gasteiger partial charge in [-0.15, -0.1) is 0 Å². The van der Waals surface area contributed by atoms with Crippen molar-refractivity contribution in [3.8, 4) is 0 Å². The van der Waals surface area contributed by atoms with Crippen LogP contribution in [0.1, 0.15) is 47.1 Å². The zero-order chi connectivity index (χ0) is 20.5. The number of aliphatic hydroxyl groups is 3. The van der Waals surface area contributed by atoms with Gasteiger partial charge in [0.2, 0.25) is 0 Å². The maximum absolute atomic E-state index is 10.4. The average molecular weight is 418 g/mol. The Bertz CT molecular complexity index is 883. The molecule has 1 saturated heterocycles. The van der Waals surface area contributed by atoms with Crippen molar-refractivity contribution in [2.45, 2.75) is 55.7 Å². The van der Waals surface area contributed by atoms with E-state index in [0.717, 1.165) is 17.3 Å². The second kappa shape index (κ2) is 8.42. The van der Waals surface area contributed by atoms with Crippen LogP contribution in [0, 0.1) is 0 Å². The fourth-order valence-corrected chi connectivity index (χ4v) is 4.01. The van der Waals surface area contributed by atoms with E-state index in [9.17, 15) is 15.3 Å². The Hall–Kier alpha value is -1.96. The van der Waals surface area contributed by atoms with E-state index in [1.54, 1.807) is 12.1 Å². The van der Waals surface area contributed by atoms with Crippen LogP contribution in [-0.4, -0.2) is 51.2 Å². The highest BCUT2D eigenvalue weighted by Crippen LogP contribution is 2.40. The standard InChI is InChI=1S/C22H24ClNO5/c23-17-8-7-15(22-21(27)20(26)19(25)18(29-22)11-24-28)10-16(17)9-12-1-3-13(4-2-12)14-5-6-14/h1-4,7-8,10-11,14,18-22,25-28H,5-6,9H2/b24-11+/t18-,19-,20+,21-,22+/m1/s1. The summed E-state index contributed by atoms with van der Waals surface area (Å²) in [6.07, 6.45) is -1.97. The lowest BCUT2D eigenvalue weighted by molar-refractivity contribution is -0.205. The van der Waals surface area contributed by atoms with Gasteiger partial charge in [0.25, 0.3) is 0 Å². The van der Waals surface area contributed by atoms with Crippen molar-refractivity contribution in [3.63, 3.8) is 0 Å². The summed E-state index contributed by atoms with van der Waals surface area (Å²) in [4.78, 5) is 0. The highest BCUT2D eigenvalue weighted by Gasteiger charge is 2.43. The van der Waals surface area contributed by atoms with Gasteiger partial charge in [-0.05, 0) is 53.5 Å². The Balaban J connectivity index is 1.56. The largest absolute Gasteiger partial charge is 0.411 e. The van der Waals surface area contributed by atoms with Gasteiger partial charge in [0.15, 0.2) is 0 Å². The molecule has 2 fully saturated rings. The van der Waals surface area contributed by atoms with Crippen LogP contribution in [0.15, 0.2) is 47.6 Å². The van der Waals surface area contributed by atoms with E-state index in [1.807, 2.05) is 6.07 Å². The topological polar surface area (TPSA) is 103 Å². The van der Waals surface area contributed by atoms with E-state index in [2.05, 4.69) is 29.4 Å². The molecule has 154 valence electrons. The Morgan fingerprint density at radius 3 is 2.31 bits per heavy atom. The first-order valence-corrected chi connectivity index (χ1v) is 10.1. The molecule has 4 N–H and O–H groups in total. The minimum absolute atomic E-state index is 0.597. The maximum Gasteiger partial charge on any atom is 0.125 e. The number of hydrogen-bond donors (Lipinski definition) is 4. The molecule has 29 heavy (non-hydrogen) atoms. The van der Waals surface area contributed by atoms with Gasteiger partial charge in [-0.1, -0.05) is 53.2 Å². The first-order chi connectivity index (χ1) is 14.0. The number of hydrogen-bond acceptors (Lipinski definition) is 6. The molecule has 1 heterocycles. The SMILES string of the molecule is O/N=C/[C@H]1O[C@@H](c2ccc(Cl)c(Cc3ccc(C4CC4)cc3)c2)[C@H](O)[C@@H](O)[C@@H]1O. The second-order valence-corrected chi connectivity index (χ2v) is 8.21. The number of halogens is 1. The summed E-state index contributed by atoms with van der Waals surface area (Å²) in [5, 5.41) is 42.8. The Labute approximate surface area is 174 Å². The molecule has 0 radical (unpaired) electrons. The molecule has 5 atom stereocenters. The normalized spacial score (nSPS) is 30.0. The molecule has 2 aromatic rings. The number of rotatable bonds is 5. The van der Waals surface area contributed by atoms with Crippen LogP contribution in [0.2, 0.25) is 5.02 Å². The minimum atomic E-state index is -1.44. The van der Waals surface area contributed by atoms with Crippen molar-refractivity contribution >= 4 is 17.8 Å². The molecule has 0 bridgehead atoms. The number of benzene rings is 2. The molecular weight excluding hydrogens is 394 g/mol. The molecule has 4 rings (SSSR count). The molecule has 1 aliphatic heterocycles. The summed E-state index contributed by atoms with van der Waals surface area (Å²) in [6.45, 7) is 0. The zero-order valence-corrected chi connectivity index (χ0v) is 16.5. The van der Waals surface area contributed by atoms with Gasteiger partial charge in [0.05, 0.1) is 6.21 Å². The molecule has 0 aromatic heterocycles. The predicted molar refractivity (Wildman–Crippen MR) is 109 cm³/mol. The van der Waals surface area contributed by atoms with Crippen LogP contribution in [-0.2, 0) is 11.2 Å². The fourth-order valence-electron chi connectivity index (χ4n) is 3.82. The lowest BCUT2D eigenvalue weighted by Crippen LogP contribution is -2.54. The lowest BCUT2D eigenvalue weighted by atomic mass is 9.90. The number of aliphatic hydroxyl groups excluding tert-OH is 3. The van der Waals surface area contributed by atoms with E-state index in [4.69, 9.17) is 21.5 Å². The molecule has 1 aliphatic carbocycles. The van der Waals surface area contributed by atoms with Gasteiger partial charge in [-0.25, -0.2) is 0 Å². The third kappa shape index (κ3) is 4.32. The van der Waals surface area contributed by atoms with E-state index in [-0.39, 0.29) is 0 Å². The number of nitrogens with zero attached hydrogens (tertiary/aromatic N) is 1. The van der Waals surface area contributed by atoms with Gasteiger partial charge >= 0.3 is 0 Å². The zero-order valence-electron chi connectivity index (χ0n) is 15.7. The van der Waals surface area contributed by atoms with E-state index < -0.39 is 30.5 Å². The first-order valence-electron chi connectivity index (χ1n) is 9.72. The van der Waals surface area contributed by atoms with Crippen LogP contribution < -0.4 is 0 Å². The van der Waals surface area contributed by atoms with Gasteiger partial charge < -0.3 is 25.3 Å². The molecule has 7 heteroatoms. The molecule has 6 nitrogen and oxygen atoms in total. The van der Waals surface area contributed by atoms with Crippen molar-refractivity contribution in [2.75, 3.05) is 0 Å². The first kappa shape index (κ1) is 20.3. The highest BCUT2D eigenvalue weighted by atomic mass is 35.5. The van der Waals surface area contributed by atoms with Gasteiger partial charge in [0, 0.05) is 5.02 Å². The molecular formula is C22H24ClNO5. The molecule has 1 saturated carbocycles. The second-order valence-electron chi connectivity index (χ2n) is 7.80. The average Bonchev–Trinajstić information content (AvgIpc) is 3.56. The lowest BCUT2D eigenvalue weighted by Gasteiger charge is -2.39. The Morgan fingerprint density at radius 1 is 0.966 bits per heavy atom. The van der Waals surface area contributed by atoms with Crippen molar-refractivity contribution < 1.29 is 25.3 Å². The molecule has 0 unspecified atom stereocenters. The van der Waals surface area contributed by atoms with Crippen LogP contribution in [0.3, 0.4) is 0 Å². The third-order valence-corrected chi connectivity index (χ3v) is 6.05. The minimum Gasteiger partial charge on any atom is -0.411 e. The third-order valence-electron chi connectivity index (χ3n) is 5.69. The van der Waals surface area contributed by atoms with Gasteiger partial charge in [-0.3, -0.25) is 0 Å². The summed E-state index contributed by atoms with van der Waals surface area (Å²) < 4.78 is 5.69. The van der Waals surface area contributed by atoms with E-state index in [1.165, 1.54) is 18.4 Å². The molecule has 0 amide bonds. The van der Waals surface area contributed by atoms with E-state index in [0.29, 0.717) is 22.9 Å². The predicted octanol–water partition coefficient (Wildman–Crippen LogP) is 2.79. The van der Waals surface area contributed by atoms with Gasteiger partial charge in [0.1, 0.15) is 30.5 Å². The molecule has 0 spiro atoms. The summed E-state index contributed by atoms with van der Waals surface area (Å²) in [5.74, 6) is 0.707. The molecule has 2 aromatic carbocycles. The summed E-state index contributed by atoms with van der Waals surface area (Å²) in [7, 11) is 0. The van der Waals surface area contributed by atoms with Crippen molar-refractivity contribution in [1.82, 2.24) is 0 Å². The summed E-state index contributed by atoms with van der Waals surface area (Å²) in [5.41, 5.74) is 3.98. The van der Waals surface area contributed by atoms with Crippen molar-refractivity contribution in [1.29, 1.82) is 0 Å². The molecule has 2 aliphatic rings. The van der Waals surface area contributed by atoms with Crippen molar-refractivity contribution in [3.05, 3.63) is 69.7 Å². The number of oxime groups is 1.